The Bertz CT molecular complexity index is 991. The van der Waals surface area contributed by atoms with Crippen LogP contribution in [0, 0.1) is 0 Å². The maximum atomic E-state index is 12.3. The standard InChI is InChI=1S/C20H16N2OS3/c23-18(13-24-12-14-6-2-1-3-7-14)22-19-15(10-11-25-19)20-21-16-8-4-5-9-17(16)26-20/h1-11H,12-13H2,(H,22,23). The van der Waals surface area contributed by atoms with Gasteiger partial charge in [0.05, 0.1) is 16.0 Å². The molecule has 26 heavy (non-hydrogen) atoms. The molecule has 0 aliphatic heterocycles. The molecule has 0 fully saturated rings. The number of hydrogen-bond donors (Lipinski definition) is 1. The minimum absolute atomic E-state index is 0.0238. The van der Waals surface area contributed by atoms with Gasteiger partial charge >= 0.3 is 0 Å². The van der Waals surface area contributed by atoms with Crippen molar-refractivity contribution in [3.63, 3.8) is 0 Å². The number of rotatable bonds is 6. The number of para-hydroxylation sites is 1. The number of thiazole rings is 1. The predicted molar refractivity (Wildman–Crippen MR) is 114 cm³/mol. The Morgan fingerprint density at radius 1 is 1.04 bits per heavy atom. The fourth-order valence-electron chi connectivity index (χ4n) is 2.56. The molecule has 4 rings (SSSR count). The molecule has 0 bridgehead atoms. The molecule has 0 spiro atoms. The van der Waals surface area contributed by atoms with Crippen LogP contribution in [0.2, 0.25) is 0 Å². The fraction of sp³-hybridized carbons (Fsp3) is 0.100. The summed E-state index contributed by atoms with van der Waals surface area (Å²) in [5, 5.41) is 6.85. The first-order chi connectivity index (χ1) is 12.8. The van der Waals surface area contributed by atoms with Crippen LogP contribution in [-0.4, -0.2) is 16.6 Å². The molecule has 0 aliphatic rings. The Balaban J connectivity index is 1.41. The van der Waals surface area contributed by atoms with E-state index in [0.717, 1.165) is 31.5 Å². The van der Waals surface area contributed by atoms with E-state index in [0.29, 0.717) is 5.75 Å². The SMILES string of the molecule is O=C(CSCc1ccccc1)Nc1sccc1-c1nc2ccccc2s1. The molecule has 1 N–H and O–H groups in total. The summed E-state index contributed by atoms with van der Waals surface area (Å²) in [5.74, 6) is 1.30. The Morgan fingerprint density at radius 2 is 1.85 bits per heavy atom. The van der Waals surface area contributed by atoms with Gasteiger partial charge in [0.1, 0.15) is 10.0 Å². The highest BCUT2D eigenvalue weighted by atomic mass is 32.2. The predicted octanol–water partition coefficient (Wildman–Crippen LogP) is 5.90. The summed E-state index contributed by atoms with van der Waals surface area (Å²) in [4.78, 5) is 17.0. The molecule has 1 amide bonds. The van der Waals surface area contributed by atoms with Gasteiger partial charge in [0, 0.05) is 11.3 Å². The number of fused-ring (bicyclic) bond motifs is 1. The minimum atomic E-state index is 0.0238. The molecule has 0 saturated carbocycles. The van der Waals surface area contributed by atoms with Crippen molar-refractivity contribution in [1.82, 2.24) is 4.98 Å². The Kier molecular flexibility index (Phi) is 5.34. The molecule has 0 saturated heterocycles. The van der Waals surface area contributed by atoms with Crippen molar-refractivity contribution in [3.8, 4) is 10.6 Å². The van der Waals surface area contributed by atoms with Gasteiger partial charge in [-0.05, 0) is 29.1 Å². The Morgan fingerprint density at radius 3 is 2.69 bits per heavy atom. The number of nitrogens with zero attached hydrogens (tertiary/aromatic N) is 1. The molecule has 2 aromatic carbocycles. The maximum Gasteiger partial charge on any atom is 0.234 e. The van der Waals surface area contributed by atoms with Crippen LogP contribution in [0.3, 0.4) is 0 Å². The first-order valence-electron chi connectivity index (χ1n) is 8.14. The first kappa shape index (κ1) is 17.3. The third kappa shape index (κ3) is 3.98. The minimum Gasteiger partial charge on any atom is -0.316 e. The number of hydrogen-bond acceptors (Lipinski definition) is 5. The largest absolute Gasteiger partial charge is 0.316 e. The molecule has 0 atom stereocenters. The monoisotopic (exact) mass is 396 g/mol. The van der Waals surface area contributed by atoms with Crippen LogP contribution in [-0.2, 0) is 10.5 Å². The number of thioether (sulfide) groups is 1. The molecule has 130 valence electrons. The van der Waals surface area contributed by atoms with Gasteiger partial charge in [-0.3, -0.25) is 4.79 Å². The van der Waals surface area contributed by atoms with E-state index in [1.807, 2.05) is 47.8 Å². The molecular formula is C20H16N2OS3. The number of anilines is 1. The number of benzene rings is 2. The summed E-state index contributed by atoms with van der Waals surface area (Å²) in [7, 11) is 0. The van der Waals surface area contributed by atoms with Gasteiger partial charge in [0.15, 0.2) is 0 Å². The normalized spacial score (nSPS) is 10.9. The Labute approximate surface area is 164 Å². The molecule has 3 nitrogen and oxygen atoms in total. The van der Waals surface area contributed by atoms with Gasteiger partial charge < -0.3 is 5.32 Å². The molecular weight excluding hydrogens is 380 g/mol. The topological polar surface area (TPSA) is 42.0 Å². The number of thiophene rings is 1. The van der Waals surface area contributed by atoms with E-state index in [4.69, 9.17) is 4.98 Å². The van der Waals surface area contributed by atoms with Crippen molar-refractivity contribution < 1.29 is 4.79 Å². The number of amides is 1. The van der Waals surface area contributed by atoms with E-state index in [1.165, 1.54) is 16.9 Å². The van der Waals surface area contributed by atoms with Crippen LogP contribution in [0.15, 0.2) is 66.0 Å². The number of carbonyl (C=O) groups is 1. The van der Waals surface area contributed by atoms with Gasteiger partial charge in [-0.15, -0.1) is 34.4 Å². The lowest BCUT2D eigenvalue weighted by atomic mass is 10.2. The smallest absolute Gasteiger partial charge is 0.234 e. The second kappa shape index (κ2) is 8.03. The molecule has 2 heterocycles. The second-order valence-electron chi connectivity index (χ2n) is 5.68. The molecule has 4 aromatic rings. The lowest BCUT2D eigenvalue weighted by Gasteiger charge is -2.05. The highest BCUT2D eigenvalue weighted by Crippen LogP contribution is 2.37. The number of nitrogens with one attached hydrogen (secondary N) is 1. The first-order valence-corrected chi connectivity index (χ1v) is 11.0. The van der Waals surface area contributed by atoms with Gasteiger partial charge in [-0.1, -0.05) is 42.5 Å². The van der Waals surface area contributed by atoms with Crippen LogP contribution in [0.5, 0.6) is 0 Å². The van der Waals surface area contributed by atoms with Crippen molar-refractivity contribution in [1.29, 1.82) is 0 Å². The van der Waals surface area contributed by atoms with E-state index in [1.54, 1.807) is 23.1 Å². The summed E-state index contributed by atoms with van der Waals surface area (Å²) in [6.07, 6.45) is 0. The van der Waals surface area contributed by atoms with Crippen molar-refractivity contribution >= 4 is 55.6 Å². The highest BCUT2D eigenvalue weighted by Gasteiger charge is 2.14. The summed E-state index contributed by atoms with van der Waals surface area (Å²) in [6.45, 7) is 0. The molecule has 0 aliphatic carbocycles. The molecule has 2 aromatic heterocycles. The van der Waals surface area contributed by atoms with Gasteiger partial charge in [0.2, 0.25) is 5.91 Å². The van der Waals surface area contributed by atoms with Crippen molar-refractivity contribution in [2.75, 3.05) is 11.1 Å². The second-order valence-corrected chi connectivity index (χ2v) is 8.61. The average molecular weight is 397 g/mol. The summed E-state index contributed by atoms with van der Waals surface area (Å²) < 4.78 is 1.16. The highest BCUT2D eigenvalue weighted by molar-refractivity contribution is 7.99. The van der Waals surface area contributed by atoms with E-state index in [9.17, 15) is 4.79 Å². The zero-order chi connectivity index (χ0) is 17.8. The zero-order valence-corrected chi connectivity index (χ0v) is 16.3. The van der Waals surface area contributed by atoms with Crippen LogP contribution in [0.4, 0.5) is 5.00 Å². The third-order valence-corrected chi connectivity index (χ3v) is 6.69. The molecule has 0 unspecified atom stereocenters. The molecule has 0 radical (unpaired) electrons. The quantitative estimate of drug-likeness (QED) is 0.441. The average Bonchev–Trinajstić information content (AvgIpc) is 3.28. The van der Waals surface area contributed by atoms with Crippen LogP contribution in [0.1, 0.15) is 5.56 Å². The number of carbonyl (C=O) groups excluding carboxylic acids is 1. The summed E-state index contributed by atoms with van der Waals surface area (Å²) >= 11 is 4.81. The number of aromatic nitrogens is 1. The maximum absolute atomic E-state index is 12.3. The summed E-state index contributed by atoms with van der Waals surface area (Å²) in [6, 6.07) is 20.3. The zero-order valence-electron chi connectivity index (χ0n) is 13.8. The van der Waals surface area contributed by atoms with Gasteiger partial charge in [-0.25, -0.2) is 4.98 Å². The van der Waals surface area contributed by atoms with Crippen LogP contribution < -0.4 is 5.32 Å². The molecule has 6 heteroatoms. The van der Waals surface area contributed by atoms with Crippen molar-refractivity contribution in [2.45, 2.75) is 5.75 Å². The van der Waals surface area contributed by atoms with E-state index < -0.39 is 0 Å². The van der Waals surface area contributed by atoms with E-state index >= 15 is 0 Å². The van der Waals surface area contributed by atoms with Crippen LogP contribution >= 0.6 is 34.4 Å². The lowest BCUT2D eigenvalue weighted by molar-refractivity contribution is -0.113. The van der Waals surface area contributed by atoms with E-state index in [2.05, 4.69) is 23.5 Å². The third-order valence-electron chi connectivity index (χ3n) is 3.79. The lowest BCUT2D eigenvalue weighted by Crippen LogP contribution is -2.13. The Hall–Kier alpha value is -2.15. The van der Waals surface area contributed by atoms with Crippen molar-refractivity contribution in [2.24, 2.45) is 0 Å². The summed E-state index contributed by atoms with van der Waals surface area (Å²) in [5.41, 5.74) is 3.23. The van der Waals surface area contributed by atoms with Gasteiger partial charge in [0.25, 0.3) is 0 Å². The van der Waals surface area contributed by atoms with Crippen LogP contribution in [0.25, 0.3) is 20.8 Å². The van der Waals surface area contributed by atoms with Gasteiger partial charge in [-0.2, -0.15) is 0 Å². The fourth-order valence-corrected chi connectivity index (χ4v) is 5.21. The van der Waals surface area contributed by atoms with Crippen molar-refractivity contribution in [3.05, 3.63) is 71.6 Å². The van der Waals surface area contributed by atoms with E-state index in [-0.39, 0.29) is 5.91 Å².